The van der Waals surface area contributed by atoms with Crippen LogP contribution in [0.1, 0.15) is 78.1 Å². The summed E-state index contributed by atoms with van der Waals surface area (Å²) in [6.07, 6.45) is 11.0. The molecule has 0 radical (unpaired) electrons. The average Bonchev–Trinajstić information content (AvgIpc) is 3.15. The zero-order valence-corrected chi connectivity index (χ0v) is 17.9. The molecule has 5 saturated carbocycles. The summed E-state index contributed by atoms with van der Waals surface area (Å²) in [5.41, 5.74) is -0.290. The Hall–Kier alpha value is -1.59. The third-order valence-corrected chi connectivity index (χ3v) is 7.79. The number of esters is 1. The second kappa shape index (κ2) is 8.27. The van der Waals surface area contributed by atoms with Crippen LogP contribution in [0.25, 0.3) is 0 Å². The molecule has 2 N–H and O–H groups in total. The van der Waals surface area contributed by atoms with Gasteiger partial charge in [0.25, 0.3) is 5.91 Å². The fraction of sp³-hybridized carbons (Fsp3) is 0.870. The number of hydrogen-bond donors (Lipinski definition) is 2. The van der Waals surface area contributed by atoms with Crippen molar-refractivity contribution in [3.63, 3.8) is 0 Å². The van der Waals surface area contributed by atoms with Crippen LogP contribution in [0.3, 0.4) is 0 Å². The molecule has 6 heteroatoms. The summed E-state index contributed by atoms with van der Waals surface area (Å²) in [6.45, 7) is 3.54. The van der Waals surface area contributed by atoms with Gasteiger partial charge in [0.1, 0.15) is 6.04 Å². The van der Waals surface area contributed by atoms with Crippen molar-refractivity contribution in [1.29, 1.82) is 0 Å². The molecule has 0 heterocycles. The highest BCUT2D eigenvalue weighted by atomic mass is 16.5. The first-order valence-electron chi connectivity index (χ1n) is 11.6. The summed E-state index contributed by atoms with van der Waals surface area (Å²) in [5.74, 6) is 1.22. The third-order valence-electron chi connectivity index (χ3n) is 7.79. The molecule has 1 atom stereocenters. The Morgan fingerprint density at radius 3 is 2.03 bits per heavy atom. The molecule has 0 saturated heterocycles. The number of nitrogens with one attached hydrogen (secondary N) is 2. The summed E-state index contributed by atoms with van der Waals surface area (Å²) in [6, 6.07) is -0.493. The monoisotopic (exact) mass is 404 g/mol. The Morgan fingerprint density at radius 2 is 1.52 bits per heavy atom. The van der Waals surface area contributed by atoms with Gasteiger partial charge in [-0.2, -0.15) is 0 Å². The van der Waals surface area contributed by atoms with Crippen LogP contribution in [0.2, 0.25) is 0 Å². The molecule has 0 aliphatic heterocycles. The lowest BCUT2D eigenvalue weighted by molar-refractivity contribution is -0.157. The predicted molar refractivity (Wildman–Crippen MR) is 109 cm³/mol. The maximum atomic E-state index is 13.3. The van der Waals surface area contributed by atoms with Crippen LogP contribution in [0.4, 0.5) is 0 Å². The predicted octanol–water partition coefficient (Wildman–Crippen LogP) is 2.95. The van der Waals surface area contributed by atoms with Gasteiger partial charge in [0.05, 0.1) is 0 Å². The molecule has 0 aromatic carbocycles. The highest BCUT2D eigenvalue weighted by Crippen LogP contribution is 2.60. The van der Waals surface area contributed by atoms with E-state index in [1.807, 2.05) is 13.8 Å². The number of carbonyl (C=O) groups excluding carboxylic acids is 3. The van der Waals surface area contributed by atoms with E-state index in [0.717, 1.165) is 44.9 Å². The number of amides is 2. The lowest BCUT2D eigenvalue weighted by atomic mass is 9.49. The molecule has 2 amide bonds. The SMILES string of the molecule is CC(C)[C@H](NC(=O)C12CC3CC(CC(C3)C1)C2)C(=O)OCC(=O)NC1CCCC1. The molecule has 5 aliphatic rings. The summed E-state index contributed by atoms with van der Waals surface area (Å²) in [7, 11) is 0. The number of rotatable bonds is 7. The van der Waals surface area contributed by atoms with Crippen molar-refractivity contribution in [1.82, 2.24) is 10.6 Å². The molecule has 6 nitrogen and oxygen atoms in total. The maximum absolute atomic E-state index is 13.3. The number of carbonyl (C=O) groups is 3. The van der Waals surface area contributed by atoms with Gasteiger partial charge in [-0.25, -0.2) is 4.79 Å². The van der Waals surface area contributed by atoms with Crippen molar-refractivity contribution >= 4 is 17.8 Å². The van der Waals surface area contributed by atoms with Crippen molar-refractivity contribution in [2.75, 3.05) is 6.61 Å². The standard InChI is InChI=1S/C23H36N2O4/c1-14(2)20(21(27)29-13-19(26)24-18-5-3-4-6-18)25-22(28)23-10-15-7-16(11-23)9-17(8-15)12-23/h14-18,20H,3-13H2,1-2H3,(H,24,26)(H,25,28)/t15?,16?,17?,20-,23?/m0/s1. The molecule has 162 valence electrons. The van der Waals surface area contributed by atoms with Crippen molar-refractivity contribution in [2.24, 2.45) is 29.1 Å². The topological polar surface area (TPSA) is 84.5 Å². The summed E-state index contributed by atoms with van der Waals surface area (Å²) in [5, 5.41) is 5.95. The Labute approximate surface area is 173 Å². The van der Waals surface area contributed by atoms with Crippen LogP contribution in [0.15, 0.2) is 0 Å². The second-order valence-corrected chi connectivity index (χ2v) is 10.5. The fourth-order valence-corrected chi connectivity index (χ4v) is 6.75. The van der Waals surface area contributed by atoms with Gasteiger partial charge in [0.2, 0.25) is 5.91 Å². The minimum absolute atomic E-state index is 0.0302. The molecule has 0 aromatic heterocycles. The zero-order valence-electron chi connectivity index (χ0n) is 17.9. The quantitative estimate of drug-likeness (QED) is 0.639. The normalized spacial score (nSPS) is 34.2. The van der Waals surface area contributed by atoms with Crippen LogP contribution in [0.5, 0.6) is 0 Å². The van der Waals surface area contributed by atoms with Crippen molar-refractivity contribution in [2.45, 2.75) is 90.1 Å². The zero-order chi connectivity index (χ0) is 20.6. The van der Waals surface area contributed by atoms with E-state index in [4.69, 9.17) is 4.74 Å². The van der Waals surface area contributed by atoms with Crippen LogP contribution in [-0.2, 0) is 19.1 Å². The lowest BCUT2D eigenvalue weighted by Gasteiger charge is -2.55. The first-order chi connectivity index (χ1) is 13.8. The molecule has 0 spiro atoms. The highest BCUT2D eigenvalue weighted by molar-refractivity contribution is 5.89. The van der Waals surface area contributed by atoms with Crippen LogP contribution in [-0.4, -0.2) is 36.5 Å². The molecular weight excluding hydrogens is 368 g/mol. The molecule has 4 bridgehead atoms. The first kappa shape index (κ1) is 20.7. The van der Waals surface area contributed by atoms with Crippen LogP contribution < -0.4 is 10.6 Å². The molecule has 0 unspecified atom stereocenters. The van der Waals surface area contributed by atoms with Crippen molar-refractivity contribution in [3.05, 3.63) is 0 Å². The van der Waals surface area contributed by atoms with Gasteiger partial charge in [0.15, 0.2) is 6.61 Å². The Balaban J connectivity index is 1.32. The molecule has 29 heavy (non-hydrogen) atoms. The van der Waals surface area contributed by atoms with Crippen molar-refractivity contribution in [3.8, 4) is 0 Å². The van der Waals surface area contributed by atoms with Gasteiger partial charge in [0, 0.05) is 11.5 Å². The molecule has 5 aliphatic carbocycles. The highest BCUT2D eigenvalue weighted by Gasteiger charge is 2.55. The number of ether oxygens (including phenoxy) is 1. The number of hydrogen-bond acceptors (Lipinski definition) is 4. The summed E-state index contributed by atoms with van der Waals surface area (Å²) >= 11 is 0. The van der Waals surface area contributed by atoms with Gasteiger partial charge in [-0.3, -0.25) is 9.59 Å². The van der Waals surface area contributed by atoms with Gasteiger partial charge >= 0.3 is 5.97 Å². The van der Waals surface area contributed by atoms with E-state index in [-0.39, 0.29) is 35.8 Å². The van der Waals surface area contributed by atoms with E-state index in [1.165, 1.54) is 19.3 Å². The van der Waals surface area contributed by atoms with Gasteiger partial charge in [-0.15, -0.1) is 0 Å². The van der Waals surface area contributed by atoms with E-state index < -0.39 is 12.0 Å². The molecule has 5 fully saturated rings. The van der Waals surface area contributed by atoms with Gasteiger partial charge in [-0.1, -0.05) is 26.7 Å². The van der Waals surface area contributed by atoms with E-state index in [9.17, 15) is 14.4 Å². The van der Waals surface area contributed by atoms with Crippen LogP contribution in [0, 0.1) is 29.1 Å². The molecule has 0 aromatic rings. The van der Waals surface area contributed by atoms with Crippen LogP contribution >= 0.6 is 0 Å². The Kier molecular flexibility index (Phi) is 5.90. The fourth-order valence-electron chi connectivity index (χ4n) is 6.75. The van der Waals surface area contributed by atoms with Crippen molar-refractivity contribution < 1.29 is 19.1 Å². The van der Waals surface area contributed by atoms with E-state index >= 15 is 0 Å². The molecule has 5 rings (SSSR count). The van der Waals surface area contributed by atoms with E-state index in [0.29, 0.717) is 17.8 Å². The van der Waals surface area contributed by atoms with E-state index in [2.05, 4.69) is 10.6 Å². The maximum Gasteiger partial charge on any atom is 0.329 e. The van der Waals surface area contributed by atoms with Gasteiger partial charge in [-0.05, 0) is 75.0 Å². The summed E-state index contributed by atoms with van der Waals surface area (Å²) in [4.78, 5) is 38.0. The Bertz CT molecular complexity index is 618. The van der Waals surface area contributed by atoms with Gasteiger partial charge < -0.3 is 15.4 Å². The summed E-state index contributed by atoms with van der Waals surface area (Å²) < 4.78 is 5.29. The minimum atomic E-state index is -0.699. The third kappa shape index (κ3) is 4.46. The second-order valence-electron chi connectivity index (χ2n) is 10.5. The van der Waals surface area contributed by atoms with E-state index in [1.54, 1.807) is 0 Å². The smallest absolute Gasteiger partial charge is 0.329 e. The lowest BCUT2D eigenvalue weighted by Crippen LogP contribution is -2.57. The average molecular weight is 405 g/mol. The largest absolute Gasteiger partial charge is 0.454 e. The molecular formula is C23H36N2O4. The first-order valence-corrected chi connectivity index (χ1v) is 11.6. The minimum Gasteiger partial charge on any atom is -0.454 e. The Morgan fingerprint density at radius 1 is 0.966 bits per heavy atom.